The van der Waals surface area contributed by atoms with Crippen LogP contribution in [0.2, 0.25) is 0 Å². The van der Waals surface area contributed by atoms with Crippen LogP contribution in [0.15, 0.2) is 72.3 Å². The van der Waals surface area contributed by atoms with Gasteiger partial charge < -0.3 is 19.3 Å². The van der Waals surface area contributed by atoms with E-state index in [-0.39, 0.29) is 11.3 Å². The monoisotopic (exact) mass is 516 g/mol. The molecule has 2 heterocycles. The highest BCUT2D eigenvalue weighted by molar-refractivity contribution is 7.22. The minimum Gasteiger partial charge on any atom is -0.507 e. The summed E-state index contributed by atoms with van der Waals surface area (Å²) in [7, 11) is 3.12. The van der Waals surface area contributed by atoms with E-state index in [0.717, 1.165) is 4.70 Å². The van der Waals surface area contributed by atoms with Gasteiger partial charge in [0.25, 0.3) is 5.78 Å². The lowest BCUT2D eigenvalue weighted by atomic mass is 9.95. The predicted molar refractivity (Wildman–Crippen MR) is 142 cm³/mol. The van der Waals surface area contributed by atoms with Crippen LogP contribution >= 0.6 is 11.3 Å². The number of ketones is 1. The summed E-state index contributed by atoms with van der Waals surface area (Å²) >= 11 is 1.27. The largest absolute Gasteiger partial charge is 0.507 e. The number of thiazole rings is 1. The molecule has 1 aliphatic heterocycles. The molecule has 1 fully saturated rings. The number of aliphatic hydroxyl groups excluding tert-OH is 1. The summed E-state index contributed by atoms with van der Waals surface area (Å²) in [4.78, 5) is 32.9. The Morgan fingerprint density at radius 3 is 2.41 bits per heavy atom. The fraction of sp³-hybridized carbons (Fsp3) is 0.179. The minimum atomic E-state index is -0.912. The highest BCUT2D eigenvalue weighted by Gasteiger charge is 2.48. The van der Waals surface area contributed by atoms with Crippen molar-refractivity contribution in [1.82, 2.24) is 4.98 Å². The fourth-order valence-corrected chi connectivity index (χ4v) is 5.33. The molecule has 1 unspecified atom stereocenters. The lowest BCUT2D eigenvalue weighted by molar-refractivity contribution is -0.132. The number of benzene rings is 3. The average molecular weight is 517 g/mol. The molecule has 1 N–H and O–H groups in total. The van der Waals surface area contributed by atoms with Gasteiger partial charge in [-0.2, -0.15) is 0 Å². The van der Waals surface area contributed by atoms with Crippen LogP contribution < -0.4 is 19.1 Å². The minimum absolute atomic E-state index is 0.0272. The van der Waals surface area contributed by atoms with E-state index < -0.39 is 17.7 Å². The molecule has 4 aromatic rings. The second-order valence-corrected chi connectivity index (χ2v) is 9.24. The smallest absolute Gasteiger partial charge is 0.301 e. The third kappa shape index (κ3) is 4.38. The van der Waals surface area contributed by atoms with E-state index in [1.807, 2.05) is 13.0 Å². The van der Waals surface area contributed by atoms with Crippen molar-refractivity contribution in [3.05, 3.63) is 83.4 Å². The second kappa shape index (κ2) is 9.94. The molecule has 0 aliphatic carbocycles. The topological polar surface area (TPSA) is 98.2 Å². The van der Waals surface area contributed by atoms with Crippen molar-refractivity contribution in [2.75, 3.05) is 25.7 Å². The number of aliphatic hydroxyl groups is 1. The van der Waals surface area contributed by atoms with Crippen LogP contribution in [0.3, 0.4) is 0 Å². The Bertz CT molecular complexity index is 1530. The van der Waals surface area contributed by atoms with Gasteiger partial charge in [-0.25, -0.2) is 4.98 Å². The number of anilines is 1. The number of nitrogens with zero attached hydrogens (tertiary/aromatic N) is 2. The summed E-state index contributed by atoms with van der Waals surface area (Å²) < 4.78 is 17.0. The number of carbonyl (C=O) groups excluding carboxylic acids is 2. The summed E-state index contributed by atoms with van der Waals surface area (Å²) in [5.41, 5.74) is 1.64. The first kappa shape index (κ1) is 24.3. The zero-order valence-electron chi connectivity index (χ0n) is 20.4. The number of aromatic nitrogens is 1. The van der Waals surface area contributed by atoms with E-state index in [9.17, 15) is 14.7 Å². The molecule has 1 aliphatic rings. The molecule has 9 heteroatoms. The Morgan fingerprint density at radius 2 is 1.70 bits per heavy atom. The van der Waals surface area contributed by atoms with E-state index in [1.54, 1.807) is 74.9 Å². The van der Waals surface area contributed by atoms with E-state index in [4.69, 9.17) is 14.2 Å². The fourth-order valence-electron chi connectivity index (χ4n) is 4.31. The van der Waals surface area contributed by atoms with Gasteiger partial charge in [-0.1, -0.05) is 23.5 Å². The molecule has 3 aromatic carbocycles. The van der Waals surface area contributed by atoms with Gasteiger partial charge in [0.05, 0.1) is 42.7 Å². The molecular weight excluding hydrogens is 492 g/mol. The summed E-state index contributed by atoms with van der Waals surface area (Å²) in [6, 6.07) is 18.3. The summed E-state index contributed by atoms with van der Waals surface area (Å²) in [5.74, 6) is 0.000118. The second-order valence-electron chi connectivity index (χ2n) is 8.23. The highest BCUT2D eigenvalue weighted by atomic mass is 32.1. The number of carbonyl (C=O) groups is 2. The van der Waals surface area contributed by atoms with Gasteiger partial charge in [0.1, 0.15) is 23.0 Å². The molecule has 0 spiro atoms. The standard InChI is InChI=1S/C28H24N2O6S/c1-4-36-20-7-5-6-17(14-20)24-23(25(31)16-8-10-18(34-2)11-9-16)26(32)27(33)30(24)28-29-21-13-12-19(35-3)15-22(21)37-28/h5-15,24,31H,4H2,1-3H3. The van der Waals surface area contributed by atoms with Gasteiger partial charge in [0.2, 0.25) is 0 Å². The average Bonchev–Trinajstić information content (AvgIpc) is 3.46. The van der Waals surface area contributed by atoms with Gasteiger partial charge >= 0.3 is 5.91 Å². The van der Waals surface area contributed by atoms with Crippen molar-refractivity contribution in [2.45, 2.75) is 13.0 Å². The van der Waals surface area contributed by atoms with Crippen LogP contribution in [0.5, 0.6) is 17.2 Å². The Hall–Kier alpha value is -4.37. The van der Waals surface area contributed by atoms with Crippen molar-refractivity contribution >= 4 is 44.1 Å². The Morgan fingerprint density at radius 1 is 0.973 bits per heavy atom. The lowest BCUT2D eigenvalue weighted by Crippen LogP contribution is -2.29. The Balaban J connectivity index is 1.70. The molecule has 0 bridgehead atoms. The molecule has 1 saturated heterocycles. The lowest BCUT2D eigenvalue weighted by Gasteiger charge is -2.23. The molecule has 0 radical (unpaired) electrons. The van der Waals surface area contributed by atoms with Gasteiger partial charge in [-0.3, -0.25) is 14.5 Å². The van der Waals surface area contributed by atoms with Crippen LogP contribution in [-0.2, 0) is 9.59 Å². The molecule has 8 nitrogen and oxygen atoms in total. The first-order valence-electron chi connectivity index (χ1n) is 11.6. The SMILES string of the molecule is CCOc1cccc(C2C(=C(O)c3ccc(OC)cc3)C(=O)C(=O)N2c2nc3ccc(OC)cc3s2)c1. The van der Waals surface area contributed by atoms with Crippen molar-refractivity contribution in [3.63, 3.8) is 0 Å². The number of fused-ring (bicyclic) bond motifs is 1. The number of Topliss-reactive ketones (excluding diaryl/α,β-unsaturated/α-hetero) is 1. The summed E-state index contributed by atoms with van der Waals surface area (Å²) in [6.07, 6.45) is 0. The van der Waals surface area contributed by atoms with Crippen molar-refractivity contribution in [2.24, 2.45) is 0 Å². The normalized spacial score (nSPS) is 16.8. The van der Waals surface area contributed by atoms with E-state index >= 15 is 0 Å². The molecule has 1 amide bonds. The number of hydrogen-bond donors (Lipinski definition) is 1. The quantitative estimate of drug-likeness (QED) is 0.201. The zero-order chi connectivity index (χ0) is 26.1. The zero-order valence-corrected chi connectivity index (χ0v) is 21.2. The Labute approximate surface area is 217 Å². The first-order chi connectivity index (χ1) is 17.9. The molecule has 37 heavy (non-hydrogen) atoms. The molecule has 1 aromatic heterocycles. The van der Waals surface area contributed by atoms with Crippen LogP contribution in [0.4, 0.5) is 5.13 Å². The van der Waals surface area contributed by atoms with Gasteiger partial charge in [0.15, 0.2) is 5.13 Å². The Kier molecular flexibility index (Phi) is 6.54. The number of amides is 1. The van der Waals surface area contributed by atoms with E-state index in [0.29, 0.717) is 45.6 Å². The van der Waals surface area contributed by atoms with Crippen molar-refractivity contribution in [3.8, 4) is 17.2 Å². The summed E-state index contributed by atoms with van der Waals surface area (Å²) in [6.45, 7) is 2.33. The van der Waals surface area contributed by atoms with E-state index in [1.165, 1.54) is 16.2 Å². The first-order valence-corrected chi connectivity index (χ1v) is 12.4. The number of methoxy groups -OCH3 is 2. The van der Waals surface area contributed by atoms with E-state index in [2.05, 4.69) is 4.98 Å². The van der Waals surface area contributed by atoms with Crippen LogP contribution in [0.1, 0.15) is 24.1 Å². The molecule has 0 saturated carbocycles. The van der Waals surface area contributed by atoms with Crippen LogP contribution in [0.25, 0.3) is 16.0 Å². The maximum absolute atomic E-state index is 13.5. The number of rotatable bonds is 7. The third-order valence-corrected chi connectivity index (χ3v) is 7.10. The van der Waals surface area contributed by atoms with Crippen molar-refractivity contribution in [1.29, 1.82) is 0 Å². The number of ether oxygens (including phenoxy) is 3. The molecule has 1 atom stereocenters. The van der Waals surface area contributed by atoms with Crippen LogP contribution in [-0.4, -0.2) is 42.6 Å². The third-order valence-electron chi connectivity index (χ3n) is 6.08. The number of hydrogen-bond acceptors (Lipinski definition) is 8. The highest BCUT2D eigenvalue weighted by Crippen LogP contribution is 2.45. The molecule has 5 rings (SSSR count). The van der Waals surface area contributed by atoms with Crippen molar-refractivity contribution < 1.29 is 28.9 Å². The van der Waals surface area contributed by atoms with Gasteiger partial charge in [-0.15, -0.1) is 0 Å². The molecule has 188 valence electrons. The van der Waals surface area contributed by atoms with Crippen LogP contribution in [0, 0.1) is 0 Å². The van der Waals surface area contributed by atoms with Gasteiger partial charge in [0, 0.05) is 5.56 Å². The molecular formula is C28H24N2O6S. The summed E-state index contributed by atoms with van der Waals surface area (Å²) in [5, 5.41) is 11.7. The predicted octanol–water partition coefficient (Wildman–Crippen LogP) is 5.34. The van der Waals surface area contributed by atoms with Gasteiger partial charge in [-0.05, 0) is 67.1 Å². The maximum Gasteiger partial charge on any atom is 0.301 e. The maximum atomic E-state index is 13.5.